The summed E-state index contributed by atoms with van der Waals surface area (Å²) in [7, 11) is 1.47. The average molecular weight is 306 g/mol. The van der Waals surface area contributed by atoms with Gasteiger partial charge in [0.1, 0.15) is 11.6 Å². The normalized spacial score (nSPS) is 14.9. The highest BCUT2D eigenvalue weighted by atomic mass is 19.4. The van der Waals surface area contributed by atoms with Crippen molar-refractivity contribution < 1.29 is 18.3 Å². The third kappa shape index (κ3) is 5.74. The molecule has 1 aromatic rings. The Labute approximate surface area is 122 Å². The first-order valence-electron chi connectivity index (χ1n) is 6.64. The van der Waals surface area contributed by atoms with Gasteiger partial charge in [0.2, 0.25) is 5.82 Å². The lowest BCUT2D eigenvalue weighted by molar-refractivity contribution is -0.144. The van der Waals surface area contributed by atoms with Gasteiger partial charge < -0.3 is 15.7 Å². The van der Waals surface area contributed by atoms with Crippen LogP contribution in [0.25, 0.3) is 0 Å². The molecule has 0 saturated carbocycles. The highest BCUT2D eigenvalue weighted by Crippen LogP contribution is 2.28. The standard InChI is InChI=1S/C13H21F3N4O/c1-8(2)6-12(3,21)7-18-10-5-9(17-4)19-11(20-10)13(14,15)16/h5,8,21H,6-7H2,1-4H3,(H2,17,18,19,20). The van der Waals surface area contributed by atoms with E-state index in [0.29, 0.717) is 6.42 Å². The second-order valence-corrected chi connectivity index (χ2v) is 5.66. The molecule has 0 saturated heterocycles. The summed E-state index contributed by atoms with van der Waals surface area (Å²) in [5.41, 5.74) is -1.03. The van der Waals surface area contributed by atoms with E-state index in [-0.39, 0.29) is 24.1 Å². The highest BCUT2D eigenvalue weighted by Gasteiger charge is 2.35. The lowest BCUT2D eigenvalue weighted by Gasteiger charge is -2.26. The molecule has 21 heavy (non-hydrogen) atoms. The zero-order chi connectivity index (χ0) is 16.3. The Morgan fingerprint density at radius 1 is 1.24 bits per heavy atom. The van der Waals surface area contributed by atoms with Crippen LogP contribution in [0.3, 0.4) is 0 Å². The van der Waals surface area contributed by atoms with Crippen molar-refractivity contribution in [2.75, 3.05) is 24.2 Å². The van der Waals surface area contributed by atoms with Crippen LogP contribution in [-0.4, -0.2) is 34.3 Å². The number of nitrogens with zero attached hydrogens (tertiary/aromatic N) is 2. The quantitative estimate of drug-likeness (QED) is 0.754. The zero-order valence-electron chi connectivity index (χ0n) is 12.5. The van der Waals surface area contributed by atoms with E-state index in [1.54, 1.807) is 6.92 Å². The fourth-order valence-corrected chi connectivity index (χ4v) is 2.03. The molecule has 120 valence electrons. The minimum atomic E-state index is -4.62. The molecule has 0 bridgehead atoms. The van der Waals surface area contributed by atoms with Crippen LogP contribution < -0.4 is 10.6 Å². The predicted octanol–water partition coefficient (Wildman–Crippen LogP) is 2.75. The molecule has 0 radical (unpaired) electrons. The molecule has 3 N–H and O–H groups in total. The number of halogens is 3. The van der Waals surface area contributed by atoms with Crippen LogP contribution in [0.5, 0.6) is 0 Å². The number of rotatable bonds is 6. The summed E-state index contributed by atoms with van der Waals surface area (Å²) in [5.74, 6) is -0.875. The fourth-order valence-electron chi connectivity index (χ4n) is 2.03. The SMILES string of the molecule is CNc1cc(NCC(C)(O)CC(C)C)nc(C(F)(F)F)n1. The van der Waals surface area contributed by atoms with Gasteiger partial charge in [0, 0.05) is 19.7 Å². The van der Waals surface area contributed by atoms with Crippen molar-refractivity contribution in [3.63, 3.8) is 0 Å². The van der Waals surface area contributed by atoms with Gasteiger partial charge in [0.05, 0.1) is 5.60 Å². The smallest absolute Gasteiger partial charge is 0.388 e. The number of nitrogens with one attached hydrogen (secondary N) is 2. The molecule has 0 aromatic carbocycles. The van der Waals surface area contributed by atoms with Crippen LogP contribution in [0.15, 0.2) is 6.07 Å². The van der Waals surface area contributed by atoms with E-state index < -0.39 is 17.6 Å². The van der Waals surface area contributed by atoms with E-state index in [1.165, 1.54) is 13.1 Å². The molecule has 8 heteroatoms. The molecular weight excluding hydrogens is 285 g/mol. The van der Waals surface area contributed by atoms with Crippen molar-refractivity contribution >= 4 is 11.6 Å². The second kappa shape index (κ2) is 6.46. The number of hydrogen-bond donors (Lipinski definition) is 3. The minimum Gasteiger partial charge on any atom is -0.388 e. The average Bonchev–Trinajstić information content (AvgIpc) is 2.33. The molecule has 1 aromatic heterocycles. The van der Waals surface area contributed by atoms with Crippen LogP contribution in [0, 0.1) is 5.92 Å². The summed E-state index contributed by atoms with van der Waals surface area (Å²) in [6.07, 6.45) is -4.10. The van der Waals surface area contributed by atoms with Gasteiger partial charge in [-0.25, -0.2) is 9.97 Å². The van der Waals surface area contributed by atoms with Gasteiger partial charge in [-0.2, -0.15) is 13.2 Å². The molecule has 0 amide bonds. The first-order chi connectivity index (χ1) is 9.53. The monoisotopic (exact) mass is 306 g/mol. The predicted molar refractivity (Wildman–Crippen MR) is 75.1 cm³/mol. The summed E-state index contributed by atoms with van der Waals surface area (Å²) in [6.45, 7) is 5.65. The minimum absolute atomic E-state index is 0.0192. The first kappa shape index (κ1) is 17.5. The first-order valence-corrected chi connectivity index (χ1v) is 6.64. The number of anilines is 2. The van der Waals surface area contributed by atoms with Crippen molar-refractivity contribution in [1.29, 1.82) is 0 Å². The van der Waals surface area contributed by atoms with Crippen molar-refractivity contribution in [3.05, 3.63) is 11.9 Å². The van der Waals surface area contributed by atoms with E-state index in [4.69, 9.17) is 0 Å². The topological polar surface area (TPSA) is 70.1 Å². The summed E-state index contributed by atoms with van der Waals surface area (Å²) in [4.78, 5) is 6.80. The van der Waals surface area contributed by atoms with Gasteiger partial charge in [-0.1, -0.05) is 13.8 Å². The molecule has 0 aliphatic heterocycles. The molecule has 0 spiro atoms. The van der Waals surface area contributed by atoms with E-state index in [2.05, 4.69) is 20.6 Å². The Kier molecular flexibility index (Phi) is 5.38. The largest absolute Gasteiger partial charge is 0.451 e. The summed E-state index contributed by atoms with van der Waals surface area (Å²) in [5, 5.41) is 15.5. The third-order valence-corrected chi connectivity index (χ3v) is 2.73. The molecule has 5 nitrogen and oxygen atoms in total. The Bertz CT molecular complexity index is 475. The van der Waals surface area contributed by atoms with Crippen LogP contribution in [0.4, 0.5) is 24.8 Å². The zero-order valence-corrected chi connectivity index (χ0v) is 12.5. The van der Waals surface area contributed by atoms with Crippen molar-refractivity contribution in [2.45, 2.75) is 39.0 Å². The van der Waals surface area contributed by atoms with E-state index in [9.17, 15) is 18.3 Å². The molecule has 0 fully saturated rings. The van der Waals surface area contributed by atoms with Crippen molar-refractivity contribution in [3.8, 4) is 0 Å². The maximum atomic E-state index is 12.7. The summed E-state index contributed by atoms with van der Waals surface area (Å²) in [6, 6.07) is 1.36. The summed E-state index contributed by atoms with van der Waals surface area (Å²) >= 11 is 0. The van der Waals surface area contributed by atoms with E-state index >= 15 is 0 Å². The molecular formula is C13H21F3N4O. The van der Waals surface area contributed by atoms with Crippen LogP contribution >= 0.6 is 0 Å². The van der Waals surface area contributed by atoms with E-state index in [0.717, 1.165) is 0 Å². The Hall–Kier alpha value is -1.57. The van der Waals surface area contributed by atoms with Gasteiger partial charge in [0.25, 0.3) is 0 Å². The van der Waals surface area contributed by atoms with Crippen molar-refractivity contribution in [1.82, 2.24) is 9.97 Å². The Morgan fingerprint density at radius 3 is 2.29 bits per heavy atom. The Morgan fingerprint density at radius 2 is 1.81 bits per heavy atom. The van der Waals surface area contributed by atoms with Crippen molar-refractivity contribution in [2.24, 2.45) is 5.92 Å². The molecule has 0 aliphatic rings. The molecule has 1 rings (SSSR count). The third-order valence-electron chi connectivity index (χ3n) is 2.73. The van der Waals surface area contributed by atoms with Gasteiger partial charge in [-0.3, -0.25) is 0 Å². The van der Waals surface area contributed by atoms with Crippen LogP contribution in [-0.2, 0) is 6.18 Å². The highest BCUT2D eigenvalue weighted by molar-refractivity contribution is 5.47. The number of hydrogen-bond acceptors (Lipinski definition) is 5. The fraction of sp³-hybridized carbons (Fsp3) is 0.692. The van der Waals surface area contributed by atoms with Gasteiger partial charge in [0.15, 0.2) is 0 Å². The Balaban J connectivity index is 2.88. The van der Waals surface area contributed by atoms with Crippen LogP contribution in [0.2, 0.25) is 0 Å². The summed E-state index contributed by atoms with van der Waals surface area (Å²) < 4.78 is 38.1. The molecule has 1 unspecified atom stereocenters. The second-order valence-electron chi connectivity index (χ2n) is 5.66. The van der Waals surface area contributed by atoms with E-state index in [1.807, 2.05) is 13.8 Å². The maximum absolute atomic E-state index is 12.7. The number of alkyl halides is 3. The maximum Gasteiger partial charge on any atom is 0.451 e. The number of aliphatic hydroxyl groups is 1. The lowest BCUT2D eigenvalue weighted by Crippen LogP contribution is -2.35. The molecule has 1 heterocycles. The number of aromatic nitrogens is 2. The lowest BCUT2D eigenvalue weighted by atomic mass is 9.94. The van der Waals surface area contributed by atoms with Gasteiger partial charge in [-0.05, 0) is 19.3 Å². The molecule has 0 aliphatic carbocycles. The van der Waals surface area contributed by atoms with Gasteiger partial charge in [-0.15, -0.1) is 0 Å². The van der Waals surface area contributed by atoms with Crippen LogP contribution in [0.1, 0.15) is 33.0 Å². The molecule has 1 atom stereocenters. The van der Waals surface area contributed by atoms with Gasteiger partial charge >= 0.3 is 6.18 Å².